The molecular formula is C23H32N6O4. The van der Waals surface area contributed by atoms with Gasteiger partial charge in [-0.05, 0) is 63.1 Å². The first-order chi connectivity index (χ1) is 15.9. The molecule has 2 fully saturated rings. The second-order valence-corrected chi connectivity index (χ2v) is 9.11. The summed E-state index contributed by atoms with van der Waals surface area (Å²) in [6.45, 7) is 4.18. The lowest BCUT2D eigenvalue weighted by Crippen LogP contribution is -2.49. The predicted molar refractivity (Wildman–Crippen MR) is 125 cm³/mol. The Bertz CT molecular complexity index is 943. The van der Waals surface area contributed by atoms with Crippen LogP contribution in [0.3, 0.4) is 0 Å². The van der Waals surface area contributed by atoms with Crippen molar-refractivity contribution in [2.24, 2.45) is 0 Å². The summed E-state index contributed by atoms with van der Waals surface area (Å²) in [4.78, 5) is 39.9. The molecule has 0 saturated carbocycles. The first-order valence-corrected chi connectivity index (χ1v) is 11.7. The Labute approximate surface area is 193 Å². The van der Waals surface area contributed by atoms with Crippen molar-refractivity contribution < 1.29 is 14.5 Å². The number of hydrogen-bond acceptors (Lipinski definition) is 7. The molecule has 10 nitrogen and oxygen atoms in total. The fraction of sp³-hybridized carbons (Fsp3) is 0.565. The molecule has 1 unspecified atom stereocenters. The highest BCUT2D eigenvalue weighted by Crippen LogP contribution is 2.29. The van der Waals surface area contributed by atoms with Crippen LogP contribution in [0, 0.1) is 10.1 Å². The standard InChI is InChI=1S/C23H32N6O4/c1-16-12-17-7-8-18(13-20(17)24-16)25-21(14-29(32)33)26-19-6-2-3-11-28(23(19)31)15-22(30)27-9-4-5-10-27/h7-8,13-14,16,19,24-26H,2-6,9-12,15H2,1H3/t16?,19-/m0/s1. The number of hydrogen-bond donors (Lipinski definition) is 3. The summed E-state index contributed by atoms with van der Waals surface area (Å²) in [5, 5.41) is 20.8. The van der Waals surface area contributed by atoms with Crippen molar-refractivity contribution in [1.29, 1.82) is 0 Å². The van der Waals surface area contributed by atoms with Crippen molar-refractivity contribution >= 4 is 23.2 Å². The maximum atomic E-state index is 13.2. The van der Waals surface area contributed by atoms with Gasteiger partial charge in [0.15, 0.2) is 5.82 Å². The third-order valence-electron chi connectivity index (χ3n) is 6.45. The van der Waals surface area contributed by atoms with Crippen molar-refractivity contribution in [3.63, 3.8) is 0 Å². The van der Waals surface area contributed by atoms with Gasteiger partial charge < -0.3 is 25.8 Å². The first kappa shape index (κ1) is 22.9. The Morgan fingerprint density at radius 1 is 1.24 bits per heavy atom. The second kappa shape index (κ2) is 10.1. The molecule has 178 valence electrons. The number of nitrogens with zero attached hydrogens (tertiary/aromatic N) is 3. The maximum Gasteiger partial charge on any atom is 0.274 e. The summed E-state index contributed by atoms with van der Waals surface area (Å²) in [6.07, 6.45) is 5.93. The minimum atomic E-state index is -0.634. The van der Waals surface area contributed by atoms with Crippen molar-refractivity contribution in [3.05, 3.63) is 45.9 Å². The molecule has 0 aromatic heterocycles. The summed E-state index contributed by atoms with van der Waals surface area (Å²) in [5.41, 5.74) is 2.90. The largest absolute Gasteiger partial charge is 0.382 e. The van der Waals surface area contributed by atoms with E-state index in [4.69, 9.17) is 0 Å². The van der Waals surface area contributed by atoms with Crippen LogP contribution in [-0.2, 0) is 16.0 Å². The summed E-state index contributed by atoms with van der Waals surface area (Å²) in [5.74, 6) is -0.0712. The lowest BCUT2D eigenvalue weighted by atomic mass is 10.1. The fourth-order valence-corrected chi connectivity index (χ4v) is 4.79. The zero-order valence-corrected chi connectivity index (χ0v) is 19.0. The van der Waals surface area contributed by atoms with Gasteiger partial charge in [0.25, 0.3) is 6.20 Å². The molecule has 3 aliphatic heterocycles. The van der Waals surface area contributed by atoms with Gasteiger partial charge in [-0.3, -0.25) is 19.7 Å². The number of carbonyl (C=O) groups is 2. The van der Waals surface area contributed by atoms with E-state index in [1.807, 2.05) is 23.1 Å². The van der Waals surface area contributed by atoms with E-state index in [2.05, 4.69) is 22.9 Å². The molecular weight excluding hydrogens is 424 g/mol. The molecule has 2 saturated heterocycles. The van der Waals surface area contributed by atoms with Gasteiger partial charge in [0, 0.05) is 37.1 Å². The molecule has 3 N–H and O–H groups in total. The van der Waals surface area contributed by atoms with Crippen LogP contribution in [0.2, 0.25) is 0 Å². The normalized spacial score (nSPS) is 23.1. The molecule has 4 rings (SSSR count). The number of fused-ring (bicyclic) bond motifs is 1. The van der Waals surface area contributed by atoms with Gasteiger partial charge in [0.05, 0.1) is 11.5 Å². The average Bonchev–Trinajstić information content (AvgIpc) is 3.39. The Balaban J connectivity index is 1.45. The summed E-state index contributed by atoms with van der Waals surface area (Å²) >= 11 is 0. The number of likely N-dealkylation sites (tertiary alicyclic amines) is 2. The predicted octanol–water partition coefficient (Wildman–Crippen LogP) is 2.12. The van der Waals surface area contributed by atoms with Crippen LogP contribution in [0.1, 0.15) is 44.6 Å². The molecule has 10 heteroatoms. The van der Waals surface area contributed by atoms with Crippen LogP contribution >= 0.6 is 0 Å². The van der Waals surface area contributed by atoms with E-state index in [0.29, 0.717) is 24.7 Å². The minimum absolute atomic E-state index is 0.0273. The first-order valence-electron chi connectivity index (χ1n) is 11.7. The van der Waals surface area contributed by atoms with Crippen LogP contribution in [-0.4, -0.2) is 64.8 Å². The van der Waals surface area contributed by atoms with Gasteiger partial charge in [-0.2, -0.15) is 0 Å². The Kier molecular flexibility index (Phi) is 7.00. The van der Waals surface area contributed by atoms with Crippen LogP contribution < -0.4 is 16.0 Å². The Morgan fingerprint density at radius 3 is 2.76 bits per heavy atom. The highest BCUT2D eigenvalue weighted by molar-refractivity contribution is 5.88. The number of nitrogens with one attached hydrogen (secondary N) is 3. The lowest BCUT2D eigenvalue weighted by Gasteiger charge is -2.27. The fourth-order valence-electron chi connectivity index (χ4n) is 4.79. The van der Waals surface area contributed by atoms with E-state index in [1.54, 1.807) is 4.90 Å². The summed E-state index contributed by atoms with van der Waals surface area (Å²) in [6, 6.07) is 5.51. The molecule has 0 spiro atoms. The molecule has 3 heterocycles. The molecule has 1 aromatic rings. The zero-order valence-electron chi connectivity index (χ0n) is 19.0. The third kappa shape index (κ3) is 5.74. The highest BCUT2D eigenvalue weighted by atomic mass is 16.6. The highest BCUT2D eigenvalue weighted by Gasteiger charge is 2.31. The molecule has 0 radical (unpaired) electrons. The van der Waals surface area contributed by atoms with Crippen LogP contribution in [0.15, 0.2) is 30.2 Å². The molecule has 0 bridgehead atoms. The number of amides is 2. The van der Waals surface area contributed by atoms with E-state index in [0.717, 1.165) is 57.1 Å². The van der Waals surface area contributed by atoms with Crippen molar-refractivity contribution in [2.45, 2.75) is 57.5 Å². The van der Waals surface area contributed by atoms with Gasteiger partial charge >= 0.3 is 0 Å². The third-order valence-corrected chi connectivity index (χ3v) is 6.45. The number of rotatable bonds is 7. The molecule has 1 aromatic carbocycles. The number of carbonyl (C=O) groups excluding carboxylic acids is 2. The van der Waals surface area contributed by atoms with Gasteiger partial charge in [0.1, 0.15) is 6.04 Å². The number of anilines is 2. The molecule has 3 aliphatic rings. The topological polar surface area (TPSA) is 120 Å². The van der Waals surface area contributed by atoms with Crippen molar-refractivity contribution in [2.75, 3.05) is 36.8 Å². The van der Waals surface area contributed by atoms with Crippen molar-refractivity contribution in [3.8, 4) is 0 Å². The summed E-state index contributed by atoms with van der Waals surface area (Å²) in [7, 11) is 0. The minimum Gasteiger partial charge on any atom is -0.382 e. The smallest absolute Gasteiger partial charge is 0.274 e. The van der Waals surface area contributed by atoms with Gasteiger partial charge in [-0.1, -0.05) is 6.07 Å². The monoisotopic (exact) mass is 456 g/mol. The van der Waals surface area contributed by atoms with Gasteiger partial charge in [-0.15, -0.1) is 0 Å². The van der Waals surface area contributed by atoms with E-state index in [1.165, 1.54) is 5.56 Å². The van der Waals surface area contributed by atoms with E-state index in [9.17, 15) is 19.7 Å². The number of benzene rings is 1. The average molecular weight is 457 g/mol. The molecule has 2 amide bonds. The second-order valence-electron chi connectivity index (χ2n) is 9.11. The van der Waals surface area contributed by atoms with Crippen molar-refractivity contribution in [1.82, 2.24) is 15.1 Å². The van der Waals surface area contributed by atoms with E-state index < -0.39 is 11.0 Å². The van der Waals surface area contributed by atoms with Crippen LogP contribution in [0.4, 0.5) is 11.4 Å². The van der Waals surface area contributed by atoms with E-state index >= 15 is 0 Å². The summed E-state index contributed by atoms with van der Waals surface area (Å²) < 4.78 is 0. The molecule has 2 atom stereocenters. The van der Waals surface area contributed by atoms with Crippen LogP contribution in [0.25, 0.3) is 0 Å². The Hall–Kier alpha value is -3.30. The maximum absolute atomic E-state index is 13.2. The lowest BCUT2D eigenvalue weighted by molar-refractivity contribution is -0.403. The van der Waals surface area contributed by atoms with Crippen LogP contribution in [0.5, 0.6) is 0 Å². The molecule has 33 heavy (non-hydrogen) atoms. The molecule has 0 aliphatic carbocycles. The number of nitro groups is 1. The van der Waals surface area contributed by atoms with E-state index in [-0.39, 0.29) is 24.2 Å². The SMILES string of the molecule is CC1Cc2ccc(NC(=C[N+](=O)[O-])N[C@H]3CCCCN(CC(=O)N4CCCC4)C3=O)cc2N1. The zero-order chi connectivity index (χ0) is 23.4. The van der Waals surface area contributed by atoms with Gasteiger partial charge in [0.2, 0.25) is 11.8 Å². The Morgan fingerprint density at radius 2 is 2.00 bits per heavy atom. The van der Waals surface area contributed by atoms with Gasteiger partial charge in [-0.25, -0.2) is 0 Å². The quantitative estimate of drug-likeness (QED) is 0.425.